The molecule has 0 spiro atoms. The van der Waals surface area contributed by atoms with Crippen LogP contribution < -0.4 is 0 Å². The Hall–Kier alpha value is -2.12. The second kappa shape index (κ2) is 7.24. The van der Waals surface area contributed by atoms with E-state index in [1.807, 2.05) is 30.3 Å². The molecule has 1 heterocycles. The molecule has 1 unspecified atom stereocenters. The molecule has 22 heavy (non-hydrogen) atoms. The normalized spacial score (nSPS) is 20.9. The number of carboxylic acid groups (broad SMARTS) is 1. The van der Waals surface area contributed by atoms with Gasteiger partial charge in [0.1, 0.15) is 6.04 Å². The van der Waals surface area contributed by atoms with Crippen molar-refractivity contribution in [3.63, 3.8) is 0 Å². The molecule has 1 N–H and O–H groups in total. The van der Waals surface area contributed by atoms with Crippen LogP contribution in [0.4, 0.5) is 4.79 Å². The van der Waals surface area contributed by atoms with Crippen molar-refractivity contribution in [3.8, 4) is 0 Å². The van der Waals surface area contributed by atoms with Crippen molar-refractivity contribution >= 4 is 12.0 Å². The minimum Gasteiger partial charge on any atom is -0.465 e. The first-order chi connectivity index (χ1) is 10.5. The van der Waals surface area contributed by atoms with Crippen LogP contribution in [0.3, 0.4) is 0 Å². The first kappa shape index (κ1) is 16.3. The Morgan fingerprint density at radius 2 is 2.05 bits per heavy atom. The average Bonchev–Trinajstić information content (AvgIpc) is 2.97. The molecule has 0 aliphatic carbocycles. The number of hydrogen-bond donors (Lipinski definition) is 1. The maximum absolute atomic E-state index is 12.2. The standard InChI is InChI=1S/C15H20N2O5/c1-16(21-2)14(18)13-8-12(9-17(13)15(19)20)22-10-11-6-4-3-5-7-11/h3-7,12-13H,8-10H2,1-2H3,(H,19,20)/t12?,13-/m0/s1. The summed E-state index contributed by atoms with van der Waals surface area (Å²) in [6.45, 7) is 0.566. The van der Waals surface area contributed by atoms with Crippen LogP contribution >= 0.6 is 0 Å². The van der Waals surface area contributed by atoms with E-state index in [1.165, 1.54) is 14.2 Å². The van der Waals surface area contributed by atoms with Crippen molar-refractivity contribution in [2.75, 3.05) is 20.7 Å². The van der Waals surface area contributed by atoms with Gasteiger partial charge in [0.25, 0.3) is 5.91 Å². The molecule has 0 saturated carbocycles. The maximum Gasteiger partial charge on any atom is 0.408 e. The lowest BCUT2D eigenvalue weighted by Gasteiger charge is -2.23. The molecule has 1 saturated heterocycles. The van der Waals surface area contributed by atoms with Gasteiger partial charge in [-0.2, -0.15) is 0 Å². The van der Waals surface area contributed by atoms with Crippen molar-refractivity contribution in [1.82, 2.24) is 9.96 Å². The highest BCUT2D eigenvalue weighted by atomic mass is 16.7. The molecule has 120 valence electrons. The van der Waals surface area contributed by atoms with Crippen LogP contribution in [0.5, 0.6) is 0 Å². The fourth-order valence-electron chi connectivity index (χ4n) is 2.45. The van der Waals surface area contributed by atoms with Gasteiger partial charge >= 0.3 is 6.09 Å². The molecule has 1 aromatic carbocycles. The Labute approximate surface area is 129 Å². The molecule has 1 aromatic rings. The average molecular weight is 308 g/mol. The van der Waals surface area contributed by atoms with Gasteiger partial charge in [0.15, 0.2) is 0 Å². The Balaban J connectivity index is 1.98. The zero-order valence-corrected chi connectivity index (χ0v) is 12.6. The zero-order chi connectivity index (χ0) is 16.1. The van der Waals surface area contributed by atoms with Gasteiger partial charge in [-0.15, -0.1) is 0 Å². The lowest BCUT2D eigenvalue weighted by Crippen LogP contribution is -2.45. The number of hydroxylamine groups is 2. The summed E-state index contributed by atoms with van der Waals surface area (Å²) < 4.78 is 5.75. The summed E-state index contributed by atoms with van der Waals surface area (Å²) in [6.07, 6.45) is -1.12. The van der Waals surface area contributed by atoms with Crippen LogP contribution in [0, 0.1) is 0 Å². The number of nitrogens with zero attached hydrogens (tertiary/aromatic N) is 2. The molecule has 1 aliphatic rings. The van der Waals surface area contributed by atoms with Crippen LogP contribution in [-0.2, 0) is 21.0 Å². The van der Waals surface area contributed by atoms with E-state index < -0.39 is 18.0 Å². The van der Waals surface area contributed by atoms with Gasteiger partial charge in [0, 0.05) is 13.5 Å². The minimum absolute atomic E-state index is 0.177. The Morgan fingerprint density at radius 1 is 1.36 bits per heavy atom. The summed E-state index contributed by atoms with van der Waals surface area (Å²) in [6, 6.07) is 8.84. The van der Waals surface area contributed by atoms with Crippen molar-refractivity contribution < 1.29 is 24.3 Å². The largest absolute Gasteiger partial charge is 0.465 e. The Bertz CT molecular complexity index is 522. The van der Waals surface area contributed by atoms with Gasteiger partial charge in [-0.25, -0.2) is 9.86 Å². The number of carbonyl (C=O) groups excluding carboxylic acids is 1. The van der Waals surface area contributed by atoms with E-state index in [9.17, 15) is 14.7 Å². The lowest BCUT2D eigenvalue weighted by atomic mass is 10.2. The highest BCUT2D eigenvalue weighted by Crippen LogP contribution is 2.23. The summed E-state index contributed by atoms with van der Waals surface area (Å²) in [7, 11) is 2.82. The number of benzene rings is 1. The molecule has 7 heteroatoms. The fourth-order valence-corrected chi connectivity index (χ4v) is 2.45. The number of hydrogen-bond acceptors (Lipinski definition) is 4. The van der Waals surface area contributed by atoms with E-state index in [2.05, 4.69) is 0 Å². The highest BCUT2D eigenvalue weighted by molar-refractivity contribution is 5.85. The quantitative estimate of drug-likeness (QED) is 0.831. The summed E-state index contributed by atoms with van der Waals surface area (Å²) >= 11 is 0. The second-order valence-electron chi connectivity index (χ2n) is 5.12. The van der Waals surface area contributed by atoms with Gasteiger partial charge in [-0.1, -0.05) is 30.3 Å². The minimum atomic E-state index is -1.13. The maximum atomic E-state index is 12.2. The van der Waals surface area contributed by atoms with E-state index in [-0.39, 0.29) is 12.6 Å². The molecule has 0 aromatic heterocycles. The smallest absolute Gasteiger partial charge is 0.408 e. The molecule has 0 radical (unpaired) electrons. The summed E-state index contributed by atoms with van der Waals surface area (Å²) in [5.41, 5.74) is 1.01. The van der Waals surface area contributed by atoms with Gasteiger partial charge in [0.05, 0.1) is 26.4 Å². The molecule has 2 atom stereocenters. The van der Waals surface area contributed by atoms with Crippen LogP contribution in [0.15, 0.2) is 30.3 Å². The summed E-state index contributed by atoms with van der Waals surface area (Å²) in [4.78, 5) is 29.4. The van der Waals surface area contributed by atoms with Crippen LogP contribution in [0.25, 0.3) is 0 Å². The third kappa shape index (κ3) is 3.75. The predicted octanol–water partition coefficient (Wildman–Crippen LogP) is 1.34. The van der Waals surface area contributed by atoms with E-state index in [0.717, 1.165) is 15.5 Å². The molecular weight excluding hydrogens is 288 g/mol. The number of rotatable bonds is 5. The Kier molecular flexibility index (Phi) is 5.35. The van der Waals surface area contributed by atoms with Gasteiger partial charge in [0.2, 0.25) is 0 Å². The summed E-state index contributed by atoms with van der Waals surface area (Å²) in [5, 5.41) is 10.3. The van der Waals surface area contributed by atoms with Crippen LogP contribution in [-0.4, -0.2) is 59.9 Å². The first-order valence-corrected chi connectivity index (χ1v) is 6.99. The second-order valence-corrected chi connectivity index (χ2v) is 5.12. The zero-order valence-electron chi connectivity index (χ0n) is 12.6. The van der Waals surface area contributed by atoms with E-state index in [0.29, 0.717) is 13.0 Å². The van der Waals surface area contributed by atoms with E-state index in [1.54, 1.807) is 0 Å². The number of ether oxygens (including phenoxy) is 1. The van der Waals surface area contributed by atoms with Crippen molar-refractivity contribution in [3.05, 3.63) is 35.9 Å². The molecule has 1 aliphatic heterocycles. The van der Waals surface area contributed by atoms with E-state index in [4.69, 9.17) is 9.57 Å². The van der Waals surface area contributed by atoms with Crippen molar-refractivity contribution in [2.24, 2.45) is 0 Å². The van der Waals surface area contributed by atoms with Crippen molar-refractivity contribution in [1.29, 1.82) is 0 Å². The molecule has 2 rings (SSSR count). The van der Waals surface area contributed by atoms with Gasteiger partial charge < -0.3 is 9.84 Å². The lowest BCUT2D eigenvalue weighted by molar-refractivity contribution is -0.173. The van der Waals surface area contributed by atoms with Gasteiger partial charge in [-0.05, 0) is 5.56 Å². The SMILES string of the molecule is CON(C)C(=O)[C@@H]1CC(OCc2ccccc2)CN1C(=O)O. The van der Waals surface area contributed by atoms with Gasteiger partial charge in [-0.3, -0.25) is 14.5 Å². The molecule has 2 amide bonds. The summed E-state index contributed by atoms with van der Waals surface area (Å²) in [5.74, 6) is -0.393. The predicted molar refractivity (Wildman–Crippen MR) is 77.9 cm³/mol. The highest BCUT2D eigenvalue weighted by Gasteiger charge is 2.41. The molecule has 0 bridgehead atoms. The number of amides is 2. The number of likely N-dealkylation sites (N-methyl/N-ethyl adjacent to an activating group) is 1. The van der Waals surface area contributed by atoms with E-state index >= 15 is 0 Å². The van der Waals surface area contributed by atoms with Crippen LogP contribution in [0.2, 0.25) is 0 Å². The first-order valence-electron chi connectivity index (χ1n) is 6.99. The fraction of sp³-hybridized carbons (Fsp3) is 0.467. The molecule has 7 nitrogen and oxygen atoms in total. The van der Waals surface area contributed by atoms with Crippen molar-refractivity contribution in [2.45, 2.75) is 25.2 Å². The molecule has 1 fully saturated rings. The monoisotopic (exact) mass is 308 g/mol. The number of likely N-dealkylation sites (tertiary alicyclic amines) is 1. The number of carbonyl (C=O) groups is 2. The topological polar surface area (TPSA) is 79.3 Å². The third-order valence-electron chi connectivity index (χ3n) is 3.71. The third-order valence-corrected chi connectivity index (χ3v) is 3.71. The Morgan fingerprint density at radius 3 is 2.64 bits per heavy atom. The van der Waals surface area contributed by atoms with Crippen LogP contribution in [0.1, 0.15) is 12.0 Å². The molecular formula is C15H20N2O5.